The molecule has 5 heteroatoms. The highest BCUT2D eigenvalue weighted by molar-refractivity contribution is 5.31. The molecule has 19 heavy (non-hydrogen) atoms. The Morgan fingerprint density at radius 2 is 1.84 bits per heavy atom. The molecule has 2 rings (SSSR count). The Morgan fingerprint density at radius 3 is 2.37 bits per heavy atom. The molecule has 1 N–H and O–H groups in total. The lowest BCUT2D eigenvalue weighted by molar-refractivity contribution is -0.274. The number of halogens is 3. The van der Waals surface area contributed by atoms with Gasteiger partial charge in [0, 0.05) is 6.04 Å². The fourth-order valence-electron chi connectivity index (χ4n) is 2.35. The second-order valence-corrected chi connectivity index (χ2v) is 4.94. The van der Waals surface area contributed by atoms with Gasteiger partial charge in [-0.05, 0) is 49.4 Å². The second kappa shape index (κ2) is 5.82. The van der Waals surface area contributed by atoms with Crippen molar-refractivity contribution in [3.63, 3.8) is 0 Å². The van der Waals surface area contributed by atoms with Crippen molar-refractivity contribution in [1.29, 1.82) is 0 Å². The zero-order valence-electron chi connectivity index (χ0n) is 10.8. The van der Waals surface area contributed by atoms with E-state index in [2.05, 4.69) is 17.0 Å². The molecule has 1 fully saturated rings. The lowest BCUT2D eigenvalue weighted by Gasteiger charge is -2.36. The molecule has 0 unspecified atom stereocenters. The largest absolute Gasteiger partial charge is 0.573 e. The lowest BCUT2D eigenvalue weighted by Crippen LogP contribution is -2.40. The second-order valence-electron chi connectivity index (χ2n) is 4.94. The van der Waals surface area contributed by atoms with Crippen molar-refractivity contribution in [3.05, 3.63) is 29.8 Å². The van der Waals surface area contributed by atoms with Gasteiger partial charge in [-0.25, -0.2) is 0 Å². The molecular weight excluding hydrogens is 255 g/mol. The highest BCUT2D eigenvalue weighted by Crippen LogP contribution is 2.37. The van der Waals surface area contributed by atoms with Gasteiger partial charge in [-0.2, -0.15) is 0 Å². The third-order valence-electron chi connectivity index (χ3n) is 3.41. The van der Waals surface area contributed by atoms with Gasteiger partial charge in [0.1, 0.15) is 5.75 Å². The number of alkyl halides is 3. The summed E-state index contributed by atoms with van der Waals surface area (Å²) in [4.78, 5) is 0. The van der Waals surface area contributed by atoms with E-state index in [0.717, 1.165) is 31.4 Å². The number of benzene rings is 1. The van der Waals surface area contributed by atoms with Gasteiger partial charge in [0.2, 0.25) is 0 Å². The molecule has 0 aromatic heterocycles. The highest BCUT2D eigenvalue weighted by Gasteiger charge is 2.32. The van der Waals surface area contributed by atoms with Gasteiger partial charge >= 0.3 is 6.36 Å². The van der Waals surface area contributed by atoms with E-state index in [-0.39, 0.29) is 5.75 Å². The molecule has 1 aromatic carbocycles. The molecule has 0 bridgehead atoms. The van der Waals surface area contributed by atoms with E-state index >= 15 is 0 Å². The van der Waals surface area contributed by atoms with Crippen LogP contribution >= 0.6 is 0 Å². The minimum atomic E-state index is -4.62. The van der Waals surface area contributed by atoms with E-state index in [1.165, 1.54) is 12.1 Å². The SMILES string of the molecule is CCCNC1CC(c2ccc(OC(F)(F)F)cc2)C1. The lowest BCUT2D eigenvalue weighted by atomic mass is 9.76. The van der Waals surface area contributed by atoms with E-state index < -0.39 is 6.36 Å². The molecule has 1 aliphatic carbocycles. The van der Waals surface area contributed by atoms with Crippen molar-refractivity contribution >= 4 is 0 Å². The van der Waals surface area contributed by atoms with Crippen molar-refractivity contribution in [3.8, 4) is 5.75 Å². The van der Waals surface area contributed by atoms with Gasteiger partial charge in [-0.1, -0.05) is 19.1 Å². The normalized spacial score (nSPS) is 22.9. The zero-order valence-corrected chi connectivity index (χ0v) is 10.8. The molecule has 0 saturated heterocycles. The van der Waals surface area contributed by atoms with Crippen molar-refractivity contribution in [2.24, 2.45) is 0 Å². The number of ether oxygens (including phenoxy) is 1. The quantitative estimate of drug-likeness (QED) is 0.880. The molecule has 1 aromatic rings. The first-order valence-electron chi connectivity index (χ1n) is 6.57. The van der Waals surface area contributed by atoms with Gasteiger partial charge in [-0.15, -0.1) is 13.2 Å². The van der Waals surface area contributed by atoms with Gasteiger partial charge in [0.15, 0.2) is 0 Å². The smallest absolute Gasteiger partial charge is 0.406 e. The fraction of sp³-hybridized carbons (Fsp3) is 0.571. The van der Waals surface area contributed by atoms with Crippen molar-refractivity contribution in [1.82, 2.24) is 5.32 Å². The molecule has 1 saturated carbocycles. The number of nitrogens with one attached hydrogen (secondary N) is 1. The predicted octanol–water partition coefficient (Wildman–Crippen LogP) is 3.83. The average Bonchev–Trinajstić information content (AvgIpc) is 2.27. The third kappa shape index (κ3) is 4.13. The summed E-state index contributed by atoms with van der Waals surface area (Å²) < 4.78 is 39.9. The van der Waals surface area contributed by atoms with E-state index in [0.29, 0.717) is 12.0 Å². The maximum Gasteiger partial charge on any atom is 0.573 e. The number of hydrogen-bond acceptors (Lipinski definition) is 2. The van der Waals surface area contributed by atoms with Crippen molar-refractivity contribution in [2.75, 3.05) is 6.54 Å². The van der Waals surface area contributed by atoms with Crippen molar-refractivity contribution in [2.45, 2.75) is 44.5 Å². The molecular formula is C14H18F3NO. The van der Waals surface area contributed by atoms with Crippen LogP contribution in [0.3, 0.4) is 0 Å². The van der Waals surface area contributed by atoms with Crippen LogP contribution in [-0.4, -0.2) is 18.9 Å². The Hall–Kier alpha value is -1.23. The Bertz CT molecular complexity index is 396. The van der Waals surface area contributed by atoms with E-state index in [4.69, 9.17) is 0 Å². The van der Waals surface area contributed by atoms with Crippen LogP contribution in [0.5, 0.6) is 5.75 Å². The summed E-state index contributed by atoms with van der Waals surface area (Å²) in [5, 5.41) is 3.44. The summed E-state index contributed by atoms with van der Waals surface area (Å²) in [7, 11) is 0. The van der Waals surface area contributed by atoms with Crippen LogP contribution in [0.15, 0.2) is 24.3 Å². The topological polar surface area (TPSA) is 21.3 Å². The summed E-state index contributed by atoms with van der Waals surface area (Å²) >= 11 is 0. The summed E-state index contributed by atoms with van der Waals surface area (Å²) in [6.07, 6.45) is -1.39. The first-order valence-corrected chi connectivity index (χ1v) is 6.57. The summed E-state index contributed by atoms with van der Waals surface area (Å²) in [5.74, 6) is 0.297. The van der Waals surface area contributed by atoms with E-state index in [9.17, 15) is 13.2 Å². The monoisotopic (exact) mass is 273 g/mol. The maximum atomic E-state index is 12.0. The molecule has 2 nitrogen and oxygen atoms in total. The van der Waals surface area contributed by atoms with Crippen LogP contribution in [0, 0.1) is 0 Å². The van der Waals surface area contributed by atoms with E-state index in [1.54, 1.807) is 12.1 Å². The minimum absolute atomic E-state index is 0.156. The van der Waals surface area contributed by atoms with Gasteiger partial charge in [-0.3, -0.25) is 0 Å². The highest BCUT2D eigenvalue weighted by atomic mass is 19.4. The summed E-state index contributed by atoms with van der Waals surface area (Å²) in [5.41, 5.74) is 1.09. The fourth-order valence-corrected chi connectivity index (χ4v) is 2.35. The molecule has 0 heterocycles. The number of hydrogen-bond donors (Lipinski definition) is 1. The van der Waals surface area contributed by atoms with Gasteiger partial charge in [0.05, 0.1) is 0 Å². The predicted molar refractivity (Wildman–Crippen MR) is 67.2 cm³/mol. The third-order valence-corrected chi connectivity index (χ3v) is 3.41. The Labute approximate surface area is 111 Å². The van der Waals surface area contributed by atoms with Crippen molar-refractivity contribution < 1.29 is 17.9 Å². The summed E-state index contributed by atoms with van der Waals surface area (Å²) in [6, 6.07) is 6.77. The Kier molecular flexibility index (Phi) is 4.34. The maximum absolute atomic E-state index is 12.0. The van der Waals surface area contributed by atoms with Crippen LogP contribution in [-0.2, 0) is 0 Å². The molecule has 106 valence electrons. The van der Waals surface area contributed by atoms with Gasteiger partial charge in [0.25, 0.3) is 0 Å². The minimum Gasteiger partial charge on any atom is -0.406 e. The Balaban J connectivity index is 1.83. The molecule has 0 amide bonds. The standard InChI is InChI=1S/C14H18F3NO/c1-2-7-18-12-8-11(9-12)10-3-5-13(6-4-10)19-14(15,16)17/h3-6,11-12,18H,2,7-9H2,1H3. The van der Waals surface area contributed by atoms with Crippen LogP contribution in [0.2, 0.25) is 0 Å². The average molecular weight is 273 g/mol. The van der Waals surface area contributed by atoms with E-state index in [1.807, 2.05) is 0 Å². The first-order chi connectivity index (χ1) is 8.98. The van der Waals surface area contributed by atoms with Crippen LogP contribution in [0.1, 0.15) is 37.7 Å². The van der Waals surface area contributed by atoms with Crippen LogP contribution in [0.25, 0.3) is 0 Å². The molecule has 0 atom stereocenters. The van der Waals surface area contributed by atoms with Gasteiger partial charge < -0.3 is 10.1 Å². The Morgan fingerprint density at radius 1 is 1.21 bits per heavy atom. The molecule has 0 radical (unpaired) electrons. The number of rotatable bonds is 5. The van der Waals surface area contributed by atoms with Crippen LogP contribution < -0.4 is 10.1 Å². The molecule has 0 aliphatic heterocycles. The molecule has 1 aliphatic rings. The zero-order chi connectivity index (χ0) is 13.9. The first kappa shape index (κ1) is 14.2. The molecule has 0 spiro atoms. The van der Waals surface area contributed by atoms with Crippen LogP contribution in [0.4, 0.5) is 13.2 Å². The summed E-state index contributed by atoms with van der Waals surface area (Å²) in [6.45, 7) is 3.15.